The van der Waals surface area contributed by atoms with Gasteiger partial charge in [0.05, 0.1) is 17.6 Å². The van der Waals surface area contributed by atoms with E-state index < -0.39 is 6.10 Å². The fourth-order valence-corrected chi connectivity index (χ4v) is 1.67. The summed E-state index contributed by atoms with van der Waals surface area (Å²) in [6.45, 7) is 0.580. The van der Waals surface area contributed by atoms with Crippen LogP contribution in [0.25, 0.3) is 0 Å². The number of nitrogens with zero attached hydrogens (tertiary/aromatic N) is 1. The number of ether oxygens (including phenoxy) is 1. The lowest BCUT2D eigenvalue weighted by atomic mass is 10.3. The van der Waals surface area contributed by atoms with Crippen molar-refractivity contribution in [3.8, 4) is 5.75 Å². The van der Waals surface area contributed by atoms with Gasteiger partial charge >= 0.3 is 0 Å². The Labute approximate surface area is 111 Å². The van der Waals surface area contributed by atoms with Crippen LogP contribution in [0.5, 0.6) is 5.75 Å². The van der Waals surface area contributed by atoms with Crippen LogP contribution in [0, 0.1) is 5.41 Å². The van der Waals surface area contributed by atoms with Gasteiger partial charge in [0.25, 0.3) is 0 Å². The minimum atomic E-state index is -0.638. The predicted octanol–water partition coefficient (Wildman–Crippen LogP) is 0.990. The molecule has 1 heterocycles. The van der Waals surface area contributed by atoms with E-state index in [1.807, 2.05) is 12.1 Å². The fraction of sp³-hybridized carbons (Fsp3) is 0.214. The zero-order valence-corrected chi connectivity index (χ0v) is 10.5. The van der Waals surface area contributed by atoms with Crippen molar-refractivity contribution in [2.75, 3.05) is 12.3 Å². The second kappa shape index (κ2) is 6.06. The van der Waals surface area contributed by atoms with Gasteiger partial charge in [0.1, 0.15) is 18.5 Å². The van der Waals surface area contributed by atoms with E-state index in [-0.39, 0.29) is 6.61 Å². The van der Waals surface area contributed by atoms with Crippen LogP contribution in [0.1, 0.15) is 0 Å². The molecular weight excluding hydrogens is 242 g/mol. The molecule has 5 heteroatoms. The number of hydrogen-bond donors (Lipinski definition) is 3. The number of pyridine rings is 1. The number of aromatic nitrogens is 1. The molecule has 0 radical (unpaired) electrons. The Bertz CT molecular complexity index is 575. The largest absolute Gasteiger partial charge is 0.489 e. The summed E-state index contributed by atoms with van der Waals surface area (Å²) in [6.07, 6.45) is 2.87. The van der Waals surface area contributed by atoms with E-state index in [4.69, 9.17) is 15.9 Å². The molecule has 0 bridgehead atoms. The molecule has 5 nitrogen and oxygen atoms in total. The van der Waals surface area contributed by atoms with Gasteiger partial charge in [-0.1, -0.05) is 12.1 Å². The van der Waals surface area contributed by atoms with Crippen molar-refractivity contribution < 1.29 is 9.84 Å². The highest BCUT2D eigenvalue weighted by molar-refractivity contribution is 5.51. The van der Waals surface area contributed by atoms with Crippen LogP contribution in [0.4, 0.5) is 5.69 Å². The number of anilines is 1. The molecule has 0 spiro atoms. The molecule has 0 aliphatic heterocycles. The molecule has 0 amide bonds. The number of para-hydroxylation sites is 2. The summed E-state index contributed by atoms with van der Waals surface area (Å²) in [6, 6.07) is 10.5. The number of nitrogens with two attached hydrogens (primary N) is 1. The van der Waals surface area contributed by atoms with Crippen LogP contribution < -0.4 is 15.8 Å². The fourth-order valence-electron chi connectivity index (χ4n) is 1.67. The predicted molar refractivity (Wildman–Crippen MR) is 72.6 cm³/mol. The summed E-state index contributed by atoms with van der Waals surface area (Å²) < 4.78 is 7.28. The second-order valence-electron chi connectivity index (χ2n) is 4.29. The van der Waals surface area contributed by atoms with E-state index in [1.54, 1.807) is 41.2 Å². The van der Waals surface area contributed by atoms with Crippen molar-refractivity contribution in [3.63, 3.8) is 0 Å². The highest BCUT2D eigenvalue weighted by atomic mass is 16.5. The highest BCUT2D eigenvalue weighted by Gasteiger charge is 2.06. The lowest BCUT2D eigenvalue weighted by molar-refractivity contribution is 0.0927. The van der Waals surface area contributed by atoms with E-state index in [0.29, 0.717) is 23.3 Å². The van der Waals surface area contributed by atoms with Crippen molar-refractivity contribution in [1.29, 1.82) is 5.41 Å². The van der Waals surface area contributed by atoms with Crippen molar-refractivity contribution in [2.45, 2.75) is 12.6 Å². The minimum Gasteiger partial charge on any atom is -0.489 e. The Kier molecular flexibility index (Phi) is 4.20. The van der Waals surface area contributed by atoms with Crippen molar-refractivity contribution >= 4 is 5.69 Å². The summed E-state index contributed by atoms with van der Waals surface area (Å²) in [5.41, 5.74) is 6.30. The third kappa shape index (κ3) is 3.86. The van der Waals surface area contributed by atoms with Gasteiger partial charge in [-0.05, 0) is 24.3 Å². The van der Waals surface area contributed by atoms with E-state index in [1.165, 1.54) is 0 Å². The third-order valence-electron chi connectivity index (χ3n) is 2.66. The number of aliphatic hydroxyl groups excluding tert-OH is 1. The monoisotopic (exact) mass is 259 g/mol. The van der Waals surface area contributed by atoms with Gasteiger partial charge in [0.15, 0.2) is 0 Å². The van der Waals surface area contributed by atoms with Crippen molar-refractivity contribution in [1.82, 2.24) is 4.57 Å². The lowest BCUT2D eigenvalue weighted by Crippen LogP contribution is -2.24. The van der Waals surface area contributed by atoms with Crippen LogP contribution in [0.15, 0.2) is 48.8 Å². The minimum absolute atomic E-state index is 0.170. The molecule has 4 N–H and O–H groups in total. The van der Waals surface area contributed by atoms with Gasteiger partial charge in [-0.3, -0.25) is 0 Å². The second-order valence-corrected chi connectivity index (χ2v) is 4.29. The molecule has 0 aliphatic carbocycles. The molecule has 1 unspecified atom stereocenters. The first-order valence-electron chi connectivity index (χ1n) is 6.01. The molecule has 1 aromatic heterocycles. The smallest absolute Gasteiger partial charge is 0.142 e. The molecule has 0 saturated carbocycles. The van der Waals surface area contributed by atoms with Crippen molar-refractivity contribution in [3.05, 3.63) is 54.1 Å². The molecular formula is C14H17N3O2. The van der Waals surface area contributed by atoms with E-state index in [0.717, 1.165) is 0 Å². The van der Waals surface area contributed by atoms with E-state index >= 15 is 0 Å². The van der Waals surface area contributed by atoms with Crippen molar-refractivity contribution in [2.24, 2.45) is 0 Å². The first-order chi connectivity index (χ1) is 9.15. The molecule has 0 fully saturated rings. The Balaban J connectivity index is 1.88. The average Bonchev–Trinajstić information content (AvgIpc) is 2.40. The van der Waals surface area contributed by atoms with Crippen LogP contribution >= 0.6 is 0 Å². The Morgan fingerprint density at radius 1 is 1.21 bits per heavy atom. The van der Waals surface area contributed by atoms with Gasteiger partial charge in [-0.15, -0.1) is 0 Å². The normalized spacial score (nSPS) is 12.1. The summed E-state index contributed by atoms with van der Waals surface area (Å²) in [7, 11) is 0. The Morgan fingerprint density at radius 3 is 2.58 bits per heavy atom. The first-order valence-corrected chi connectivity index (χ1v) is 6.01. The number of rotatable bonds is 5. The number of benzene rings is 1. The molecule has 1 aromatic carbocycles. The Morgan fingerprint density at radius 2 is 1.89 bits per heavy atom. The number of nitrogen functional groups attached to an aromatic ring is 1. The van der Waals surface area contributed by atoms with E-state index in [2.05, 4.69) is 0 Å². The van der Waals surface area contributed by atoms with Gasteiger partial charge in [-0.25, -0.2) is 0 Å². The van der Waals surface area contributed by atoms with Crippen LogP contribution in [-0.2, 0) is 6.54 Å². The standard InChI is InChI=1S/C14H17N3O2/c15-11-5-7-17(8-6-11)9-12(18)10-19-14-4-2-1-3-13(14)16/h1-8,12,15,18H,9-10,16H2. The average molecular weight is 259 g/mol. The molecule has 100 valence electrons. The topological polar surface area (TPSA) is 84.3 Å². The van der Waals surface area contributed by atoms with Gasteiger partial charge < -0.3 is 25.6 Å². The van der Waals surface area contributed by atoms with Crippen LogP contribution in [0.2, 0.25) is 0 Å². The zero-order valence-electron chi connectivity index (χ0n) is 10.5. The summed E-state index contributed by atoms with van der Waals surface area (Å²) in [4.78, 5) is 0. The number of hydrogen-bond acceptors (Lipinski definition) is 4. The molecule has 0 saturated heterocycles. The van der Waals surface area contributed by atoms with Crippen LogP contribution in [0.3, 0.4) is 0 Å². The maximum Gasteiger partial charge on any atom is 0.142 e. The quantitative estimate of drug-likeness (QED) is 0.700. The Hall–Kier alpha value is -2.27. The summed E-state index contributed by atoms with van der Waals surface area (Å²) >= 11 is 0. The van der Waals surface area contributed by atoms with E-state index in [9.17, 15) is 5.11 Å². The lowest BCUT2D eigenvalue weighted by Gasteiger charge is -2.15. The molecule has 2 rings (SSSR count). The van der Waals surface area contributed by atoms with Crippen LogP contribution in [-0.4, -0.2) is 22.4 Å². The van der Waals surface area contributed by atoms with Gasteiger partial charge in [-0.2, -0.15) is 0 Å². The first kappa shape index (κ1) is 13.2. The number of nitrogens with one attached hydrogen (secondary N) is 1. The molecule has 19 heavy (non-hydrogen) atoms. The van der Waals surface area contributed by atoms with Gasteiger partial charge in [0, 0.05) is 12.4 Å². The maximum absolute atomic E-state index is 9.89. The third-order valence-corrected chi connectivity index (χ3v) is 2.66. The van der Waals surface area contributed by atoms with Gasteiger partial charge in [0.2, 0.25) is 0 Å². The zero-order chi connectivity index (χ0) is 13.7. The maximum atomic E-state index is 9.89. The number of aliphatic hydroxyl groups is 1. The summed E-state index contributed by atoms with van der Waals surface area (Å²) in [5.74, 6) is 0.577. The summed E-state index contributed by atoms with van der Waals surface area (Å²) in [5, 5.41) is 17.7. The SMILES string of the molecule is N=c1ccn(CC(O)COc2ccccc2N)cc1. The molecule has 1 atom stereocenters. The highest BCUT2D eigenvalue weighted by Crippen LogP contribution is 2.19. The molecule has 0 aliphatic rings. The molecule has 2 aromatic rings.